The standard InChI is InChI=1S/C19H20NO9P.2Na.2H/c1-24-12-5-6-13(15(9-12)29-30(21,22)23)14-10-20-28-18(14)11-7-16(25-2)19(27-4)17(8-11)26-3;;;;/h5-10H,1-4H3,(H2,21,22,23);;;;. The predicted molar refractivity (Wildman–Crippen MR) is 121 cm³/mol. The van der Waals surface area contributed by atoms with Crippen molar-refractivity contribution >= 4 is 66.9 Å². The maximum absolute atomic E-state index is 11.5. The van der Waals surface area contributed by atoms with Gasteiger partial charge in [-0.25, -0.2) is 4.57 Å². The summed E-state index contributed by atoms with van der Waals surface area (Å²) in [5.74, 6) is 1.76. The minimum atomic E-state index is -4.83. The van der Waals surface area contributed by atoms with Gasteiger partial charge in [-0.3, -0.25) is 9.79 Å². The van der Waals surface area contributed by atoms with Crippen LogP contribution in [-0.2, 0) is 4.57 Å². The summed E-state index contributed by atoms with van der Waals surface area (Å²) >= 11 is 0. The fourth-order valence-corrected chi connectivity index (χ4v) is 3.31. The van der Waals surface area contributed by atoms with E-state index in [0.717, 1.165) is 0 Å². The van der Waals surface area contributed by atoms with Crippen LogP contribution in [0.3, 0.4) is 0 Å². The first-order valence-corrected chi connectivity index (χ1v) is 10.0. The predicted octanol–water partition coefficient (Wildman–Crippen LogP) is 2.22. The number of ether oxygens (including phenoxy) is 4. The van der Waals surface area contributed by atoms with Crippen LogP contribution in [0.5, 0.6) is 28.7 Å². The molecule has 0 saturated heterocycles. The summed E-state index contributed by atoms with van der Waals surface area (Å²) in [5, 5.41) is 3.84. The van der Waals surface area contributed by atoms with Gasteiger partial charge >= 0.3 is 66.9 Å². The number of nitrogens with zero attached hydrogens (tertiary/aromatic N) is 1. The molecule has 3 aromatic rings. The van der Waals surface area contributed by atoms with Crippen LogP contribution in [0.25, 0.3) is 22.5 Å². The molecule has 0 aliphatic carbocycles. The van der Waals surface area contributed by atoms with E-state index in [9.17, 15) is 14.4 Å². The molecule has 1 heterocycles. The number of aromatic nitrogens is 1. The summed E-state index contributed by atoms with van der Waals surface area (Å²) in [6.07, 6.45) is 1.41. The van der Waals surface area contributed by atoms with Gasteiger partial charge in [-0.15, -0.1) is 0 Å². The second-order valence-electron chi connectivity index (χ2n) is 5.93. The second kappa shape index (κ2) is 12.3. The van der Waals surface area contributed by atoms with Gasteiger partial charge in [0, 0.05) is 17.2 Å². The Kier molecular flexibility index (Phi) is 11.1. The van der Waals surface area contributed by atoms with Crippen LogP contribution in [0.4, 0.5) is 0 Å². The van der Waals surface area contributed by atoms with Crippen molar-refractivity contribution in [2.75, 3.05) is 28.4 Å². The van der Waals surface area contributed by atoms with Gasteiger partial charge in [-0.2, -0.15) is 0 Å². The summed E-state index contributed by atoms with van der Waals surface area (Å²) < 4.78 is 43.0. The molecule has 0 fully saturated rings. The van der Waals surface area contributed by atoms with Crippen molar-refractivity contribution in [2.24, 2.45) is 0 Å². The number of hydrogen-bond acceptors (Lipinski definition) is 8. The van der Waals surface area contributed by atoms with Gasteiger partial charge in [0.2, 0.25) is 5.75 Å². The average molecular weight is 485 g/mol. The van der Waals surface area contributed by atoms with Gasteiger partial charge in [0.1, 0.15) is 11.5 Å². The Bertz CT molecular complexity index is 1080. The van der Waals surface area contributed by atoms with Crippen LogP contribution < -0.4 is 23.5 Å². The summed E-state index contributed by atoms with van der Waals surface area (Å²) in [6, 6.07) is 7.89. The monoisotopic (exact) mass is 485 g/mol. The number of phosphoric ester groups is 1. The van der Waals surface area contributed by atoms with Crippen LogP contribution in [0.1, 0.15) is 0 Å². The van der Waals surface area contributed by atoms with E-state index in [1.165, 1.54) is 40.7 Å². The third-order valence-corrected chi connectivity index (χ3v) is 4.63. The van der Waals surface area contributed by atoms with Crippen LogP contribution in [-0.4, -0.2) is 102 Å². The molecule has 13 heteroatoms. The Balaban J connectivity index is 0.00000256. The van der Waals surface area contributed by atoms with E-state index in [4.69, 9.17) is 28.0 Å². The quantitative estimate of drug-likeness (QED) is 0.362. The van der Waals surface area contributed by atoms with Crippen molar-refractivity contribution < 1.29 is 42.3 Å². The summed E-state index contributed by atoms with van der Waals surface area (Å²) in [5.41, 5.74) is 1.30. The van der Waals surface area contributed by atoms with E-state index in [1.807, 2.05) is 0 Å². The van der Waals surface area contributed by atoms with Gasteiger partial charge in [-0.05, 0) is 24.3 Å². The molecule has 0 aliphatic rings. The molecular weight excluding hydrogens is 463 g/mol. The number of phosphoric acid groups is 1. The normalized spacial score (nSPS) is 10.4. The molecule has 32 heavy (non-hydrogen) atoms. The molecule has 0 radical (unpaired) electrons. The van der Waals surface area contributed by atoms with Gasteiger partial charge in [-0.1, -0.05) is 5.16 Å². The van der Waals surface area contributed by atoms with Crippen molar-refractivity contribution in [1.29, 1.82) is 0 Å². The van der Waals surface area contributed by atoms with Gasteiger partial charge in [0.25, 0.3) is 0 Å². The molecule has 164 valence electrons. The van der Waals surface area contributed by atoms with Gasteiger partial charge in [0.15, 0.2) is 17.3 Å². The van der Waals surface area contributed by atoms with Crippen LogP contribution >= 0.6 is 7.82 Å². The van der Waals surface area contributed by atoms with Crippen molar-refractivity contribution in [1.82, 2.24) is 5.16 Å². The minimum absolute atomic E-state index is 0. The Hall–Kier alpha value is -1.20. The summed E-state index contributed by atoms with van der Waals surface area (Å²) in [6.45, 7) is 0. The van der Waals surface area contributed by atoms with E-state index < -0.39 is 7.82 Å². The number of rotatable bonds is 8. The summed E-state index contributed by atoms with van der Waals surface area (Å²) in [4.78, 5) is 18.6. The van der Waals surface area contributed by atoms with E-state index in [-0.39, 0.29) is 64.9 Å². The molecule has 0 saturated carbocycles. The average Bonchev–Trinajstić information content (AvgIpc) is 3.20. The SMILES string of the molecule is COc1ccc(-c2cnoc2-c2cc(OC)c(OC)c(OC)c2)c(OP(=O)(O)O)c1.[NaH].[NaH]. The molecule has 0 amide bonds. The van der Waals surface area contributed by atoms with Crippen molar-refractivity contribution in [2.45, 2.75) is 0 Å². The van der Waals surface area contributed by atoms with E-state index in [1.54, 1.807) is 24.3 Å². The van der Waals surface area contributed by atoms with Crippen molar-refractivity contribution in [3.8, 4) is 51.2 Å². The first-order valence-electron chi connectivity index (χ1n) is 8.50. The zero-order valence-electron chi connectivity index (χ0n) is 16.6. The summed E-state index contributed by atoms with van der Waals surface area (Å²) in [7, 11) is 1.05. The number of hydrogen-bond donors (Lipinski definition) is 2. The fourth-order valence-electron chi connectivity index (χ4n) is 2.91. The Morgan fingerprint density at radius 2 is 1.47 bits per heavy atom. The third-order valence-electron chi connectivity index (χ3n) is 4.19. The van der Waals surface area contributed by atoms with E-state index in [0.29, 0.717) is 45.4 Å². The molecule has 3 rings (SSSR count). The zero-order valence-corrected chi connectivity index (χ0v) is 17.5. The molecule has 0 spiro atoms. The van der Waals surface area contributed by atoms with Crippen LogP contribution in [0.15, 0.2) is 41.1 Å². The molecule has 0 bridgehead atoms. The van der Waals surface area contributed by atoms with Crippen LogP contribution in [0.2, 0.25) is 0 Å². The van der Waals surface area contributed by atoms with Gasteiger partial charge < -0.3 is 28.0 Å². The molecule has 0 atom stereocenters. The first-order chi connectivity index (χ1) is 14.3. The fraction of sp³-hybridized carbons (Fsp3) is 0.211. The van der Waals surface area contributed by atoms with E-state index in [2.05, 4.69) is 5.16 Å². The topological polar surface area (TPSA) is 130 Å². The molecule has 10 nitrogen and oxygen atoms in total. The first kappa shape index (κ1) is 28.8. The van der Waals surface area contributed by atoms with Crippen LogP contribution in [0, 0.1) is 0 Å². The van der Waals surface area contributed by atoms with Crippen molar-refractivity contribution in [3.05, 3.63) is 36.5 Å². The Morgan fingerprint density at radius 3 is 1.97 bits per heavy atom. The molecule has 0 unspecified atom stereocenters. The van der Waals surface area contributed by atoms with E-state index >= 15 is 0 Å². The third kappa shape index (κ3) is 6.44. The molecule has 2 aromatic carbocycles. The second-order valence-corrected chi connectivity index (χ2v) is 7.09. The Labute approximate surface area is 229 Å². The number of methoxy groups -OCH3 is 4. The Morgan fingerprint density at radius 1 is 0.844 bits per heavy atom. The van der Waals surface area contributed by atoms with Gasteiger partial charge in [0.05, 0.1) is 40.2 Å². The zero-order chi connectivity index (χ0) is 21.9. The molecule has 1 aromatic heterocycles. The maximum atomic E-state index is 11.5. The number of benzene rings is 2. The molecule has 2 N–H and O–H groups in total. The molecular formula is C19H22NNa2O9P. The van der Waals surface area contributed by atoms with Crippen molar-refractivity contribution in [3.63, 3.8) is 0 Å². The molecule has 0 aliphatic heterocycles.